The van der Waals surface area contributed by atoms with Crippen molar-refractivity contribution in [2.45, 2.75) is 33.8 Å². The molecular formula is C19H19NO3S. The van der Waals surface area contributed by atoms with Crippen LogP contribution in [0.4, 0.5) is 0 Å². The molecule has 1 aromatic carbocycles. The van der Waals surface area contributed by atoms with Crippen LogP contribution in [0.2, 0.25) is 0 Å². The van der Waals surface area contributed by atoms with Crippen LogP contribution in [0.25, 0.3) is 10.9 Å². The van der Waals surface area contributed by atoms with Crippen molar-refractivity contribution in [1.82, 2.24) is 4.98 Å². The number of fused-ring (bicyclic) bond motifs is 1. The molecule has 3 aromatic rings. The highest BCUT2D eigenvalue weighted by Gasteiger charge is 2.25. The molecule has 0 saturated carbocycles. The first-order valence-corrected chi connectivity index (χ1v) is 8.59. The topological polar surface area (TPSA) is 59.2 Å². The normalized spacial score (nSPS) is 12.3. The Morgan fingerprint density at radius 1 is 1.17 bits per heavy atom. The van der Waals surface area contributed by atoms with Crippen LogP contribution >= 0.6 is 11.3 Å². The number of para-hydroxylation sites is 1. The zero-order valence-electron chi connectivity index (χ0n) is 14.1. The van der Waals surface area contributed by atoms with E-state index in [1.807, 2.05) is 45.0 Å². The highest BCUT2D eigenvalue weighted by atomic mass is 32.1. The van der Waals surface area contributed by atoms with Gasteiger partial charge in [-0.2, -0.15) is 0 Å². The monoisotopic (exact) mass is 341 g/mol. The lowest BCUT2D eigenvalue weighted by Crippen LogP contribution is -2.25. The highest BCUT2D eigenvalue weighted by molar-refractivity contribution is 7.12. The van der Waals surface area contributed by atoms with Crippen molar-refractivity contribution >= 4 is 34.0 Å². The predicted octanol–water partition coefficient (Wildman–Crippen LogP) is 4.58. The molecule has 124 valence electrons. The fourth-order valence-corrected chi connectivity index (χ4v) is 3.82. The predicted molar refractivity (Wildman–Crippen MR) is 96.0 cm³/mol. The molecule has 0 bridgehead atoms. The minimum absolute atomic E-state index is 0.192. The fraction of sp³-hybridized carbons (Fsp3) is 0.263. The molecule has 4 nitrogen and oxygen atoms in total. The molecule has 3 rings (SSSR count). The second-order valence-electron chi connectivity index (χ2n) is 5.91. The van der Waals surface area contributed by atoms with E-state index in [1.54, 1.807) is 24.3 Å². The molecule has 2 aromatic heterocycles. The summed E-state index contributed by atoms with van der Waals surface area (Å²) in [5.41, 5.74) is 2.81. The average Bonchev–Trinajstić information content (AvgIpc) is 3.04. The third kappa shape index (κ3) is 2.87. The summed E-state index contributed by atoms with van der Waals surface area (Å²) in [6.07, 6.45) is -0.838. The van der Waals surface area contributed by atoms with Crippen molar-refractivity contribution in [1.29, 1.82) is 0 Å². The first-order chi connectivity index (χ1) is 11.4. The zero-order valence-corrected chi connectivity index (χ0v) is 14.9. The van der Waals surface area contributed by atoms with Crippen LogP contribution in [-0.4, -0.2) is 22.8 Å². The SMILES string of the molecule is Cc1cc(C(=O)O[C@@H](C)C(=O)c2c(C)[nH]c3ccccc23)c(C)s1. The summed E-state index contributed by atoms with van der Waals surface area (Å²) < 4.78 is 5.42. The first kappa shape index (κ1) is 16.5. The number of hydrogen-bond acceptors (Lipinski definition) is 4. The Morgan fingerprint density at radius 2 is 1.88 bits per heavy atom. The summed E-state index contributed by atoms with van der Waals surface area (Å²) in [5.74, 6) is -0.641. The van der Waals surface area contributed by atoms with Crippen LogP contribution in [-0.2, 0) is 4.74 Å². The van der Waals surface area contributed by atoms with Crippen LogP contribution in [0, 0.1) is 20.8 Å². The number of ketones is 1. The largest absolute Gasteiger partial charge is 0.451 e. The number of aromatic nitrogens is 1. The lowest BCUT2D eigenvalue weighted by Gasteiger charge is -2.12. The molecule has 24 heavy (non-hydrogen) atoms. The van der Waals surface area contributed by atoms with Crippen LogP contribution in [0.3, 0.4) is 0 Å². The summed E-state index contributed by atoms with van der Waals surface area (Å²) in [7, 11) is 0. The summed E-state index contributed by atoms with van der Waals surface area (Å²) in [4.78, 5) is 30.3. The number of nitrogens with one attached hydrogen (secondary N) is 1. The number of carbonyl (C=O) groups excluding carboxylic acids is 2. The number of H-pyrrole nitrogens is 1. The van der Waals surface area contributed by atoms with Crippen molar-refractivity contribution in [3.05, 3.63) is 56.9 Å². The second kappa shape index (κ2) is 6.24. The number of thiophene rings is 1. The number of aryl methyl sites for hydroxylation is 3. The van der Waals surface area contributed by atoms with E-state index in [9.17, 15) is 9.59 Å². The van der Waals surface area contributed by atoms with Crippen molar-refractivity contribution in [2.75, 3.05) is 0 Å². The van der Waals surface area contributed by atoms with Crippen molar-refractivity contribution < 1.29 is 14.3 Å². The Morgan fingerprint density at radius 3 is 2.54 bits per heavy atom. The van der Waals surface area contributed by atoms with Gasteiger partial charge in [0.05, 0.1) is 5.56 Å². The van der Waals surface area contributed by atoms with Gasteiger partial charge in [-0.3, -0.25) is 4.79 Å². The Bertz CT molecular complexity index is 935. The van der Waals surface area contributed by atoms with E-state index in [0.717, 1.165) is 26.4 Å². The number of carbonyl (C=O) groups is 2. The molecule has 1 atom stereocenters. The van der Waals surface area contributed by atoms with Gasteiger partial charge in [0, 0.05) is 31.9 Å². The van der Waals surface area contributed by atoms with Crippen molar-refractivity contribution in [2.24, 2.45) is 0 Å². The molecule has 0 aliphatic rings. The number of rotatable bonds is 4. The molecule has 2 heterocycles. The van der Waals surface area contributed by atoms with E-state index < -0.39 is 12.1 Å². The quantitative estimate of drug-likeness (QED) is 0.558. The Hall–Kier alpha value is -2.40. The average molecular weight is 341 g/mol. The minimum atomic E-state index is -0.838. The van der Waals surface area contributed by atoms with E-state index in [0.29, 0.717) is 11.1 Å². The van der Waals surface area contributed by atoms with Gasteiger partial charge >= 0.3 is 5.97 Å². The van der Waals surface area contributed by atoms with Crippen molar-refractivity contribution in [3.63, 3.8) is 0 Å². The number of esters is 1. The maximum atomic E-state index is 12.8. The van der Waals surface area contributed by atoms with E-state index in [1.165, 1.54) is 0 Å². The summed E-state index contributed by atoms with van der Waals surface area (Å²) >= 11 is 1.54. The Kier molecular flexibility index (Phi) is 4.28. The molecule has 0 spiro atoms. The molecule has 0 unspecified atom stereocenters. The molecule has 0 aliphatic carbocycles. The molecule has 0 saturated heterocycles. The zero-order chi connectivity index (χ0) is 17.4. The fourth-order valence-electron chi connectivity index (χ4n) is 2.91. The van der Waals surface area contributed by atoms with Crippen LogP contribution in [0.5, 0.6) is 0 Å². The van der Waals surface area contributed by atoms with Gasteiger partial charge in [-0.1, -0.05) is 18.2 Å². The van der Waals surface area contributed by atoms with Gasteiger partial charge < -0.3 is 9.72 Å². The maximum Gasteiger partial charge on any atom is 0.339 e. The van der Waals surface area contributed by atoms with Crippen LogP contribution in [0.15, 0.2) is 30.3 Å². The van der Waals surface area contributed by atoms with Gasteiger partial charge in [0.2, 0.25) is 5.78 Å². The smallest absolute Gasteiger partial charge is 0.339 e. The molecule has 0 fully saturated rings. The van der Waals surface area contributed by atoms with Gasteiger partial charge in [-0.05, 0) is 39.8 Å². The van der Waals surface area contributed by atoms with E-state index >= 15 is 0 Å². The number of aromatic amines is 1. The van der Waals surface area contributed by atoms with Gasteiger partial charge in [0.1, 0.15) is 0 Å². The molecular weight excluding hydrogens is 322 g/mol. The molecule has 0 aliphatic heterocycles. The van der Waals surface area contributed by atoms with Crippen LogP contribution in [0.1, 0.15) is 43.1 Å². The van der Waals surface area contributed by atoms with Gasteiger partial charge in [0.15, 0.2) is 6.10 Å². The van der Waals surface area contributed by atoms with E-state index in [4.69, 9.17) is 4.74 Å². The molecule has 1 N–H and O–H groups in total. The lowest BCUT2D eigenvalue weighted by atomic mass is 10.0. The van der Waals surface area contributed by atoms with Gasteiger partial charge in [-0.25, -0.2) is 4.79 Å². The number of hydrogen-bond donors (Lipinski definition) is 1. The Balaban J connectivity index is 1.85. The second-order valence-corrected chi connectivity index (χ2v) is 7.37. The first-order valence-electron chi connectivity index (χ1n) is 7.78. The molecule has 0 radical (unpaired) electrons. The highest BCUT2D eigenvalue weighted by Crippen LogP contribution is 2.25. The molecule has 5 heteroatoms. The number of ether oxygens (including phenoxy) is 1. The van der Waals surface area contributed by atoms with Crippen molar-refractivity contribution in [3.8, 4) is 0 Å². The lowest BCUT2D eigenvalue weighted by molar-refractivity contribution is 0.0319. The summed E-state index contributed by atoms with van der Waals surface area (Å²) in [6.45, 7) is 7.30. The van der Waals surface area contributed by atoms with Crippen LogP contribution < -0.4 is 0 Å². The standard InChI is InChI=1S/C19H19NO3S/c1-10-9-15(13(4)24-10)19(22)23-12(3)18(21)17-11(2)20-16-8-6-5-7-14(16)17/h5-9,12,20H,1-4H3/t12-/m0/s1. The minimum Gasteiger partial charge on any atom is -0.451 e. The third-order valence-corrected chi connectivity index (χ3v) is 5.02. The summed E-state index contributed by atoms with van der Waals surface area (Å²) in [6, 6.07) is 9.43. The molecule has 0 amide bonds. The number of benzene rings is 1. The number of Topliss-reactive ketones (excluding diaryl/α,β-unsaturated/α-hetero) is 1. The summed E-state index contributed by atoms with van der Waals surface area (Å²) in [5, 5.41) is 0.852. The van der Waals surface area contributed by atoms with Gasteiger partial charge in [0.25, 0.3) is 0 Å². The maximum absolute atomic E-state index is 12.8. The van der Waals surface area contributed by atoms with E-state index in [-0.39, 0.29) is 5.78 Å². The Labute approximate surface area is 144 Å². The van der Waals surface area contributed by atoms with E-state index in [2.05, 4.69) is 4.98 Å². The van der Waals surface area contributed by atoms with Gasteiger partial charge in [-0.15, -0.1) is 11.3 Å². The third-order valence-electron chi connectivity index (χ3n) is 4.05.